The lowest BCUT2D eigenvalue weighted by Crippen LogP contribution is -2.47. The molecular formula is C16H26N2. The van der Waals surface area contributed by atoms with Crippen LogP contribution in [-0.4, -0.2) is 31.1 Å². The highest BCUT2D eigenvalue weighted by molar-refractivity contribution is 5.14. The fourth-order valence-electron chi connectivity index (χ4n) is 3.07. The number of likely N-dealkylation sites (N-methyl/N-ethyl adjacent to an activating group) is 1. The van der Waals surface area contributed by atoms with E-state index in [1.165, 1.54) is 37.9 Å². The zero-order valence-corrected chi connectivity index (χ0v) is 11.7. The van der Waals surface area contributed by atoms with Crippen LogP contribution in [0.4, 0.5) is 0 Å². The Kier molecular flexibility index (Phi) is 5.21. The zero-order chi connectivity index (χ0) is 12.8. The van der Waals surface area contributed by atoms with Crippen LogP contribution in [0.5, 0.6) is 0 Å². The van der Waals surface area contributed by atoms with Crippen LogP contribution in [0, 0.1) is 5.92 Å². The van der Waals surface area contributed by atoms with Crippen molar-refractivity contribution < 1.29 is 0 Å². The number of rotatable bonds is 5. The van der Waals surface area contributed by atoms with E-state index in [2.05, 4.69) is 54.5 Å². The quantitative estimate of drug-likeness (QED) is 0.859. The summed E-state index contributed by atoms with van der Waals surface area (Å²) >= 11 is 0. The molecule has 0 aromatic heterocycles. The molecule has 1 N–H and O–H groups in total. The molecule has 0 radical (unpaired) electrons. The van der Waals surface area contributed by atoms with Crippen LogP contribution >= 0.6 is 0 Å². The molecule has 1 fully saturated rings. The van der Waals surface area contributed by atoms with Crippen molar-refractivity contribution in [2.24, 2.45) is 5.92 Å². The van der Waals surface area contributed by atoms with E-state index >= 15 is 0 Å². The number of piperidine rings is 1. The molecule has 2 unspecified atom stereocenters. The number of likely N-dealkylation sites (tertiary alicyclic amines) is 1. The van der Waals surface area contributed by atoms with Gasteiger partial charge in [0.05, 0.1) is 0 Å². The smallest absolute Gasteiger partial charge is 0.0208 e. The predicted octanol–water partition coefficient (Wildman–Crippen LogP) is 2.90. The maximum absolute atomic E-state index is 3.72. The van der Waals surface area contributed by atoms with Crippen molar-refractivity contribution >= 4 is 0 Å². The highest BCUT2D eigenvalue weighted by Gasteiger charge is 2.24. The molecule has 1 saturated heterocycles. The molecule has 2 nitrogen and oxygen atoms in total. The van der Waals surface area contributed by atoms with Gasteiger partial charge in [-0.3, -0.25) is 0 Å². The first-order valence-corrected chi connectivity index (χ1v) is 7.23. The lowest BCUT2D eigenvalue weighted by atomic mass is 9.91. The summed E-state index contributed by atoms with van der Waals surface area (Å²) in [6, 6.07) is 11.4. The Hall–Kier alpha value is -0.860. The summed E-state index contributed by atoms with van der Waals surface area (Å²) in [5, 5.41) is 3.72. The van der Waals surface area contributed by atoms with E-state index in [4.69, 9.17) is 0 Å². The number of nitrogens with zero attached hydrogens (tertiary/aromatic N) is 1. The number of nitrogens with one attached hydrogen (secondary N) is 1. The summed E-state index contributed by atoms with van der Waals surface area (Å²) in [5.74, 6) is 0.877. The van der Waals surface area contributed by atoms with E-state index in [-0.39, 0.29) is 0 Å². The molecule has 0 bridgehead atoms. The summed E-state index contributed by atoms with van der Waals surface area (Å²) in [7, 11) is 2.25. The Morgan fingerprint density at radius 1 is 1.22 bits per heavy atom. The second-order valence-corrected chi connectivity index (χ2v) is 5.68. The minimum Gasteiger partial charge on any atom is -0.309 e. The van der Waals surface area contributed by atoms with E-state index in [1.54, 1.807) is 0 Å². The lowest BCUT2D eigenvalue weighted by molar-refractivity contribution is 0.162. The van der Waals surface area contributed by atoms with Crippen molar-refractivity contribution in [1.82, 2.24) is 10.2 Å². The summed E-state index contributed by atoms with van der Waals surface area (Å²) in [6.07, 6.45) is 4.02. The van der Waals surface area contributed by atoms with Gasteiger partial charge in [0.25, 0.3) is 0 Å². The largest absolute Gasteiger partial charge is 0.309 e. The predicted molar refractivity (Wildman–Crippen MR) is 77.6 cm³/mol. The Balaban J connectivity index is 1.81. The van der Waals surface area contributed by atoms with Crippen molar-refractivity contribution in [3.05, 3.63) is 35.9 Å². The van der Waals surface area contributed by atoms with Crippen LogP contribution < -0.4 is 5.32 Å². The normalized spacial score (nSPS) is 25.2. The Labute approximate surface area is 111 Å². The molecule has 2 heteroatoms. The van der Waals surface area contributed by atoms with Gasteiger partial charge >= 0.3 is 0 Å². The Bertz CT molecular complexity index is 336. The SMILES string of the molecule is CCCC1CC(NCc2ccccc2)CN(C)C1. The minimum atomic E-state index is 0.653. The van der Waals surface area contributed by atoms with Crippen LogP contribution in [0.3, 0.4) is 0 Å². The van der Waals surface area contributed by atoms with Gasteiger partial charge in [0.2, 0.25) is 0 Å². The van der Waals surface area contributed by atoms with E-state index in [0.717, 1.165) is 12.5 Å². The van der Waals surface area contributed by atoms with Gasteiger partial charge in [0.15, 0.2) is 0 Å². The maximum atomic E-state index is 3.72. The van der Waals surface area contributed by atoms with E-state index < -0.39 is 0 Å². The van der Waals surface area contributed by atoms with E-state index in [1.807, 2.05) is 0 Å². The summed E-state index contributed by atoms with van der Waals surface area (Å²) < 4.78 is 0. The van der Waals surface area contributed by atoms with Gasteiger partial charge < -0.3 is 10.2 Å². The third kappa shape index (κ3) is 4.11. The zero-order valence-electron chi connectivity index (χ0n) is 11.7. The van der Waals surface area contributed by atoms with Crippen molar-refractivity contribution in [3.8, 4) is 0 Å². The second kappa shape index (κ2) is 6.91. The average molecular weight is 246 g/mol. The van der Waals surface area contributed by atoms with Crippen molar-refractivity contribution in [2.75, 3.05) is 20.1 Å². The lowest BCUT2D eigenvalue weighted by Gasteiger charge is -2.36. The van der Waals surface area contributed by atoms with Crippen molar-refractivity contribution in [1.29, 1.82) is 0 Å². The van der Waals surface area contributed by atoms with Crippen LogP contribution in [0.25, 0.3) is 0 Å². The number of hydrogen-bond acceptors (Lipinski definition) is 2. The van der Waals surface area contributed by atoms with Gasteiger partial charge in [-0.1, -0.05) is 43.7 Å². The average Bonchev–Trinajstić information content (AvgIpc) is 2.37. The van der Waals surface area contributed by atoms with Crippen LogP contribution in [0.2, 0.25) is 0 Å². The van der Waals surface area contributed by atoms with Crippen molar-refractivity contribution in [2.45, 2.75) is 38.8 Å². The van der Waals surface area contributed by atoms with Gasteiger partial charge in [0.1, 0.15) is 0 Å². The topological polar surface area (TPSA) is 15.3 Å². The molecular weight excluding hydrogens is 220 g/mol. The Morgan fingerprint density at radius 2 is 2.00 bits per heavy atom. The van der Waals surface area contributed by atoms with Gasteiger partial charge in [-0.05, 0) is 31.4 Å². The maximum Gasteiger partial charge on any atom is 0.0208 e. The summed E-state index contributed by atoms with van der Waals surface area (Å²) in [5.41, 5.74) is 1.39. The fourth-order valence-corrected chi connectivity index (χ4v) is 3.07. The third-order valence-corrected chi connectivity index (χ3v) is 3.85. The van der Waals surface area contributed by atoms with Crippen LogP contribution in [-0.2, 0) is 6.54 Å². The molecule has 1 heterocycles. The molecule has 0 saturated carbocycles. The summed E-state index contributed by atoms with van der Waals surface area (Å²) in [6.45, 7) is 5.75. The molecule has 2 rings (SSSR count). The van der Waals surface area contributed by atoms with Gasteiger partial charge in [-0.25, -0.2) is 0 Å². The van der Waals surface area contributed by atoms with E-state index in [0.29, 0.717) is 6.04 Å². The van der Waals surface area contributed by atoms with Gasteiger partial charge in [-0.15, -0.1) is 0 Å². The molecule has 1 aliphatic rings. The summed E-state index contributed by atoms with van der Waals surface area (Å²) in [4.78, 5) is 2.48. The van der Waals surface area contributed by atoms with Gasteiger partial charge in [0, 0.05) is 25.7 Å². The molecule has 1 aromatic rings. The van der Waals surface area contributed by atoms with Gasteiger partial charge in [-0.2, -0.15) is 0 Å². The molecule has 1 aliphatic heterocycles. The molecule has 18 heavy (non-hydrogen) atoms. The fraction of sp³-hybridized carbons (Fsp3) is 0.625. The van der Waals surface area contributed by atoms with Crippen LogP contribution in [0.1, 0.15) is 31.7 Å². The number of hydrogen-bond donors (Lipinski definition) is 1. The highest BCUT2D eigenvalue weighted by Crippen LogP contribution is 2.20. The first-order valence-electron chi connectivity index (χ1n) is 7.23. The van der Waals surface area contributed by atoms with Crippen molar-refractivity contribution in [3.63, 3.8) is 0 Å². The molecule has 0 amide bonds. The molecule has 2 atom stereocenters. The molecule has 0 aliphatic carbocycles. The number of benzene rings is 1. The first-order chi connectivity index (χ1) is 8.78. The minimum absolute atomic E-state index is 0.653. The molecule has 0 spiro atoms. The highest BCUT2D eigenvalue weighted by atomic mass is 15.1. The molecule has 100 valence electrons. The second-order valence-electron chi connectivity index (χ2n) is 5.68. The standard InChI is InChI=1S/C16H26N2/c1-3-7-15-10-16(13-18(2)12-15)17-11-14-8-5-4-6-9-14/h4-6,8-9,15-17H,3,7,10-13H2,1-2H3. The van der Waals surface area contributed by atoms with E-state index in [9.17, 15) is 0 Å². The molecule has 1 aromatic carbocycles. The first kappa shape index (κ1) is 13.6. The monoisotopic (exact) mass is 246 g/mol. The van der Waals surface area contributed by atoms with Crippen LogP contribution in [0.15, 0.2) is 30.3 Å². The Morgan fingerprint density at radius 3 is 2.72 bits per heavy atom. The third-order valence-electron chi connectivity index (χ3n) is 3.85.